The van der Waals surface area contributed by atoms with Crippen molar-refractivity contribution in [3.8, 4) is 0 Å². The average molecular weight is 396 g/mol. The molecule has 1 aromatic carbocycles. The lowest BCUT2D eigenvalue weighted by Gasteiger charge is -2.39. The van der Waals surface area contributed by atoms with E-state index in [1.807, 2.05) is 24.3 Å². The van der Waals surface area contributed by atoms with Crippen LogP contribution in [0.5, 0.6) is 0 Å². The first kappa shape index (κ1) is 19.1. The summed E-state index contributed by atoms with van der Waals surface area (Å²) < 4.78 is 4.89. The number of likely N-dealkylation sites (tertiary alicyclic amines) is 1. The van der Waals surface area contributed by atoms with Crippen LogP contribution in [0.25, 0.3) is 0 Å². The fourth-order valence-corrected chi connectivity index (χ4v) is 3.23. The lowest BCUT2D eigenvalue weighted by Crippen LogP contribution is -2.49. The second-order valence-electron chi connectivity index (χ2n) is 7.41. The van der Waals surface area contributed by atoms with Gasteiger partial charge in [0, 0.05) is 44.0 Å². The minimum Gasteiger partial charge on any atom is -0.375 e. The van der Waals surface area contributed by atoms with Gasteiger partial charge in [0.15, 0.2) is 0 Å². The van der Waals surface area contributed by atoms with Gasteiger partial charge in [-0.05, 0) is 30.5 Å². The Morgan fingerprint density at radius 1 is 1.24 bits per heavy atom. The van der Waals surface area contributed by atoms with Crippen molar-refractivity contribution in [2.45, 2.75) is 24.8 Å². The van der Waals surface area contributed by atoms with E-state index in [0.29, 0.717) is 36.8 Å². The molecule has 9 nitrogen and oxygen atoms in total. The summed E-state index contributed by atoms with van der Waals surface area (Å²) in [5.41, 5.74) is 7.72. The Kier molecular flexibility index (Phi) is 5.30. The van der Waals surface area contributed by atoms with E-state index < -0.39 is 5.91 Å². The highest BCUT2D eigenvalue weighted by Gasteiger charge is 2.31. The van der Waals surface area contributed by atoms with Crippen LogP contribution in [0.1, 0.15) is 34.7 Å². The monoisotopic (exact) mass is 396 g/mol. The minimum atomic E-state index is -0.553. The molecule has 2 amide bonds. The second-order valence-corrected chi connectivity index (χ2v) is 7.41. The maximum absolute atomic E-state index is 11.8. The number of hydrogen-bond acceptors (Lipinski definition) is 7. The van der Waals surface area contributed by atoms with Crippen molar-refractivity contribution >= 4 is 29.3 Å². The number of rotatable bonds is 8. The van der Waals surface area contributed by atoms with Gasteiger partial charge >= 0.3 is 0 Å². The highest BCUT2D eigenvalue weighted by molar-refractivity contribution is 5.97. The summed E-state index contributed by atoms with van der Waals surface area (Å²) in [7, 11) is 1.52. The van der Waals surface area contributed by atoms with Crippen molar-refractivity contribution in [1.29, 1.82) is 0 Å². The number of ether oxygens (including phenoxy) is 1. The van der Waals surface area contributed by atoms with E-state index in [-0.39, 0.29) is 18.1 Å². The zero-order valence-electron chi connectivity index (χ0n) is 16.2. The summed E-state index contributed by atoms with van der Waals surface area (Å²) in [6.45, 7) is 1.55. The third-order valence-corrected chi connectivity index (χ3v) is 5.11. The molecule has 29 heavy (non-hydrogen) atoms. The van der Waals surface area contributed by atoms with Gasteiger partial charge in [-0.2, -0.15) is 4.98 Å². The molecule has 152 valence electrons. The van der Waals surface area contributed by atoms with Crippen LogP contribution in [0, 0.1) is 0 Å². The summed E-state index contributed by atoms with van der Waals surface area (Å²) in [6.07, 6.45) is 3.56. The summed E-state index contributed by atoms with van der Waals surface area (Å²) in [5.74, 6) is 0.664. The number of anilines is 3. The fourth-order valence-electron chi connectivity index (χ4n) is 3.23. The topological polar surface area (TPSA) is 122 Å². The minimum absolute atomic E-state index is 0.0224. The molecule has 0 unspecified atom stereocenters. The van der Waals surface area contributed by atoms with Gasteiger partial charge in [-0.3, -0.25) is 9.59 Å². The molecule has 2 fully saturated rings. The SMILES string of the molecule is COCC(=O)N1CC(c2ccc(Nc3ncc(C(N)=O)c(NC4CC4)n3)cc2)C1. The number of hydrogen-bond donors (Lipinski definition) is 3. The van der Waals surface area contributed by atoms with Gasteiger partial charge in [-0.25, -0.2) is 4.98 Å². The molecule has 9 heteroatoms. The number of nitrogens with zero attached hydrogens (tertiary/aromatic N) is 3. The molecule has 4 N–H and O–H groups in total. The lowest BCUT2D eigenvalue weighted by atomic mass is 9.91. The number of carbonyl (C=O) groups is 2. The number of nitrogens with two attached hydrogens (primary N) is 1. The Morgan fingerprint density at radius 3 is 2.59 bits per heavy atom. The molecular formula is C20H24N6O3. The van der Waals surface area contributed by atoms with Crippen LogP contribution < -0.4 is 16.4 Å². The van der Waals surface area contributed by atoms with Crippen molar-refractivity contribution in [2.75, 3.05) is 37.4 Å². The number of carbonyl (C=O) groups excluding carboxylic acids is 2. The van der Waals surface area contributed by atoms with Gasteiger partial charge < -0.3 is 26.0 Å². The van der Waals surface area contributed by atoms with E-state index in [2.05, 4.69) is 20.6 Å². The first-order valence-electron chi connectivity index (χ1n) is 9.60. The predicted molar refractivity (Wildman–Crippen MR) is 108 cm³/mol. The largest absolute Gasteiger partial charge is 0.375 e. The van der Waals surface area contributed by atoms with E-state index in [9.17, 15) is 9.59 Å². The van der Waals surface area contributed by atoms with Crippen LogP contribution in [0.15, 0.2) is 30.5 Å². The molecule has 2 aromatic rings. The number of methoxy groups -OCH3 is 1. The number of primary amides is 1. The maximum atomic E-state index is 11.8. The maximum Gasteiger partial charge on any atom is 0.254 e. The molecule has 1 aromatic heterocycles. The summed E-state index contributed by atoms with van der Waals surface area (Å²) in [5, 5.41) is 6.38. The van der Waals surface area contributed by atoms with Gasteiger partial charge in [0.1, 0.15) is 12.4 Å². The number of nitrogens with one attached hydrogen (secondary N) is 2. The van der Waals surface area contributed by atoms with Crippen LogP contribution in [0.4, 0.5) is 17.5 Å². The van der Waals surface area contributed by atoms with Crippen molar-refractivity contribution in [2.24, 2.45) is 5.73 Å². The molecule has 1 saturated heterocycles. The zero-order chi connectivity index (χ0) is 20.4. The molecule has 0 atom stereocenters. The summed E-state index contributed by atoms with van der Waals surface area (Å²) >= 11 is 0. The highest BCUT2D eigenvalue weighted by Crippen LogP contribution is 2.29. The highest BCUT2D eigenvalue weighted by atomic mass is 16.5. The Hall–Kier alpha value is -3.20. The third kappa shape index (κ3) is 4.45. The molecule has 0 bridgehead atoms. The third-order valence-electron chi connectivity index (χ3n) is 5.11. The van der Waals surface area contributed by atoms with Gasteiger partial charge in [-0.1, -0.05) is 12.1 Å². The van der Waals surface area contributed by atoms with E-state index in [1.54, 1.807) is 4.90 Å². The fraction of sp³-hybridized carbons (Fsp3) is 0.400. The van der Waals surface area contributed by atoms with Gasteiger partial charge in [-0.15, -0.1) is 0 Å². The van der Waals surface area contributed by atoms with E-state index >= 15 is 0 Å². The molecular weight excluding hydrogens is 372 g/mol. The number of amides is 2. The quantitative estimate of drug-likeness (QED) is 0.617. The molecule has 1 aliphatic carbocycles. The Balaban J connectivity index is 1.39. The second kappa shape index (κ2) is 8.04. The van der Waals surface area contributed by atoms with Crippen LogP contribution in [-0.4, -0.2) is 59.5 Å². The molecule has 1 saturated carbocycles. The van der Waals surface area contributed by atoms with Crippen molar-refractivity contribution in [3.63, 3.8) is 0 Å². The van der Waals surface area contributed by atoms with E-state index in [1.165, 1.54) is 18.9 Å². The molecule has 2 heterocycles. The van der Waals surface area contributed by atoms with Gasteiger partial charge in [0.2, 0.25) is 11.9 Å². The molecule has 4 rings (SSSR count). The smallest absolute Gasteiger partial charge is 0.254 e. The zero-order valence-corrected chi connectivity index (χ0v) is 16.2. The van der Waals surface area contributed by atoms with Crippen LogP contribution in [0.3, 0.4) is 0 Å². The summed E-state index contributed by atoms with van der Waals surface area (Å²) in [6, 6.07) is 8.31. The molecule has 1 aliphatic heterocycles. The van der Waals surface area contributed by atoms with Crippen molar-refractivity contribution in [3.05, 3.63) is 41.6 Å². The Morgan fingerprint density at radius 2 is 1.97 bits per heavy atom. The van der Waals surface area contributed by atoms with E-state index in [0.717, 1.165) is 18.5 Å². The molecule has 2 aliphatic rings. The standard InChI is InChI=1S/C20H24N6O3/c1-29-11-17(27)26-9-13(10-26)12-2-4-15(5-3-12)24-20-22-8-16(18(21)28)19(25-20)23-14-6-7-14/h2-5,8,13-14H,6-7,9-11H2,1H3,(H2,21,28)(H2,22,23,24,25). The van der Waals surface area contributed by atoms with Crippen molar-refractivity contribution < 1.29 is 14.3 Å². The molecule has 0 spiro atoms. The van der Waals surface area contributed by atoms with E-state index in [4.69, 9.17) is 10.5 Å². The van der Waals surface area contributed by atoms with Gasteiger partial charge in [0.05, 0.1) is 5.56 Å². The predicted octanol–water partition coefficient (Wildman–Crippen LogP) is 1.47. The lowest BCUT2D eigenvalue weighted by molar-refractivity contribution is -0.139. The Labute approximate surface area is 168 Å². The number of aromatic nitrogens is 2. The average Bonchev–Trinajstić information content (AvgIpc) is 3.46. The van der Waals surface area contributed by atoms with Crippen molar-refractivity contribution in [1.82, 2.24) is 14.9 Å². The van der Waals surface area contributed by atoms with Crippen LogP contribution in [0.2, 0.25) is 0 Å². The Bertz CT molecular complexity index is 907. The normalized spacial score (nSPS) is 16.2. The first-order chi connectivity index (χ1) is 14.0. The number of benzene rings is 1. The molecule has 0 radical (unpaired) electrons. The van der Waals surface area contributed by atoms with Crippen LogP contribution in [-0.2, 0) is 9.53 Å². The summed E-state index contributed by atoms with van der Waals surface area (Å²) in [4.78, 5) is 33.7. The van der Waals surface area contributed by atoms with Gasteiger partial charge in [0.25, 0.3) is 5.91 Å². The van der Waals surface area contributed by atoms with Crippen LogP contribution >= 0.6 is 0 Å². The first-order valence-corrected chi connectivity index (χ1v) is 9.60.